The Morgan fingerprint density at radius 2 is 2.31 bits per heavy atom. The Kier molecular flexibility index (Phi) is 5.37. The Bertz CT molecular complexity index is 299. The molecular weight excluding hydrogens is 206 g/mol. The molecule has 16 heavy (non-hydrogen) atoms. The molecule has 6 nitrogen and oxygen atoms in total. The summed E-state index contributed by atoms with van der Waals surface area (Å²) in [6, 6.07) is 0. The van der Waals surface area contributed by atoms with Gasteiger partial charge in [0.25, 0.3) is 0 Å². The zero-order valence-electron chi connectivity index (χ0n) is 10.2. The van der Waals surface area contributed by atoms with E-state index in [1.165, 1.54) is 0 Å². The van der Waals surface area contributed by atoms with Crippen molar-refractivity contribution in [1.29, 1.82) is 0 Å². The van der Waals surface area contributed by atoms with Crippen molar-refractivity contribution in [2.75, 3.05) is 33.7 Å². The van der Waals surface area contributed by atoms with Gasteiger partial charge in [0.15, 0.2) is 5.82 Å². The Labute approximate surface area is 96.3 Å². The predicted octanol–water partition coefficient (Wildman–Crippen LogP) is -1.13. The number of aryl methyl sites for hydroxylation is 1. The fourth-order valence-corrected chi connectivity index (χ4v) is 1.45. The van der Waals surface area contributed by atoms with Gasteiger partial charge in [0.1, 0.15) is 6.33 Å². The van der Waals surface area contributed by atoms with Gasteiger partial charge in [0, 0.05) is 33.1 Å². The summed E-state index contributed by atoms with van der Waals surface area (Å²) in [6.07, 6.45) is 2.15. The van der Waals surface area contributed by atoms with E-state index in [1.807, 2.05) is 26.0 Å². The molecule has 1 aromatic rings. The number of aromatic nitrogens is 3. The summed E-state index contributed by atoms with van der Waals surface area (Å²) in [6.45, 7) is 2.06. The van der Waals surface area contributed by atoms with Gasteiger partial charge in [-0.15, -0.1) is 0 Å². The highest BCUT2D eigenvalue weighted by molar-refractivity contribution is 4.82. The summed E-state index contributed by atoms with van der Waals surface area (Å²) in [4.78, 5) is 6.09. The molecule has 0 saturated heterocycles. The molecule has 0 aliphatic heterocycles. The number of hydrogen-bond acceptors (Lipinski definition) is 5. The van der Waals surface area contributed by atoms with Gasteiger partial charge in [-0.2, -0.15) is 5.10 Å². The second-order valence-electron chi connectivity index (χ2n) is 4.20. The first-order chi connectivity index (χ1) is 7.58. The molecule has 0 aromatic carbocycles. The number of nitrogens with zero attached hydrogens (tertiary/aromatic N) is 4. The first kappa shape index (κ1) is 13.1. The molecule has 1 unspecified atom stereocenters. The highest BCUT2D eigenvalue weighted by atomic mass is 16.3. The van der Waals surface area contributed by atoms with Crippen molar-refractivity contribution in [1.82, 2.24) is 25.0 Å². The van der Waals surface area contributed by atoms with E-state index in [0.717, 1.165) is 18.8 Å². The molecule has 2 N–H and O–H groups in total. The first-order valence-electron chi connectivity index (χ1n) is 5.46. The number of aliphatic hydroxyl groups excluding tert-OH is 1. The summed E-state index contributed by atoms with van der Waals surface area (Å²) in [7, 11) is 5.74. The quantitative estimate of drug-likeness (QED) is 0.577. The van der Waals surface area contributed by atoms with Gasteiger partial charge in [-0.3, -0.25) is 4.68 Å². The van der Waals surface area contributed by atoms with Crippen LogP contribution in [-0.4, -0.2) is 64.6 Å². The number of rotatable bonds is 7. The van der Waals surface area contributed by atoms with Crippen molar-refractivity contribution < 1.29 is 5.11 Å². The van der Waals surface area contributed by atoms with E-state index >= 15 is 0 Å². The molecule has 0 bridgehead atoms. The molecule has 1 aromatic heterocycles. The lowest BCUT2D eigenvalue weighted by Crippen LogP contribution is -2.35. The topological polar surface area (TPSA) is 66.2 Å². The third-order valence-corrected chi connectivity index (χ3v) is 2.13. The lowest BCUT2D eigenvalue weighted by atomic mass is 10.3. The van der Waals surface area contributed by atoms with Crippen LogP contribution in [-0.2, 0) is 13.5 Å². The van der Waals surface area contributed by atoms with Gasteiger partial charge in [0.05, 0.1) is 6.10 Å². The second kappa shape index (κ2) is 6.57. The molecule has 0 aliphatic rings. The normalized spacial score (nSPS) is 13.3. The molecule has 0 radical (unpaired) electrons. The van der Waals surface area contributed by atoms with Gasteiger partial charge in [-0.25, -0.2) is 4.98 Å². The van der Waals surface area contributed by atoms with Crippen LogP contribution in [0.1, 0.15) is 5.82 Å². The predicted molar refractivity (Wildman–Crippen MR) is 62.1 cm³/mol. The standard InChI is InChI=1S/C10H21N5O/c1-14(2)7-9(16)6-11-5-4-10-12-8-15(3)13-10/h8-9,11,16H,4-7H2,1-3H3. The van der Waals surface area contributed by atoms with Crippen molar-refractivity contribution in [3.63, 3.8) is 0 Å². The molecule has 1 atom stereocenters. The summed E-state index contributed by atoms with van der Waals surface area (Å²) >= 11 is 0. The van der Waals surface area contributed by atoms with E-state index < -0.39 is 0 Å². The maximum absolute atomic E-state index is 9.58. The smallest absolute Gasteiger partial charge is 0.151 e. The van der Waals surface area contributed by atoms with Gasteiger partial charge < -0.3 is 15.3 Å². The Morgan fingerprint density at radius 1 is 1.56 bits per heavy atom. The summed E-state index contributed by atoms with van der Waals surface area (Å²) < 4.78 is 1.69. The number of aliphatic hydroxyl groups is 1. The number of hydrogen-bond donors (Lipinski definition) is 2. The molecule has 0 spiro atoms. The SMILES string of the molecule is CN(C)CC(O)CNCCc1ncn(C)n1. The van der Waals surface area contributed by atoms with Crippen LogP contribution < -0.4 is 5.32 Å². The molecule has 1 heterocycles. The molecule has 0 aliphatic carbocycles. The first-order valence-corrected chi connectivity index (χ1v) is 5.46. The maximum Gasteiger partial charge on any atom is 0.151 e. The van der Waals surface area contributed by atoms with Crippen molar-refractivity contribution >= 4 is 0 Å². The fraction of sp³-hybridized carbons (Fsp3) is 0.800. The molecule has 92 valence electrons. The monoisotopic (exact) mass is 227 g/mol. The Morgan fingerprint density at radius 3 is 2.88 bits per heavy atom. The van der Waals surface area contributed by atoms with Crippen molar-refractivity contribution in [2.24, 2.45) is 7.05 Å². The van der Waals surface area contributed by atoms with E-state index in [0.29, 0.717) is 13.1 Å². The third kappa shape index (κ3) is 5.20. The van der Waals surface area contributed by atoms with Gasteiger partial charge in [-0.1, -0.05) is 0 Å². The van der Waals surface area contributed by atoms with E-state index in [9.17, 15) is 5.11 Å². The highest BCUT2D eigenvalue weighted by Crippen LogP contribution is 1.89. The van der Waals surface area contributed by atoms with E-state index in [1.54, 1.807) is 11.0 Å². The minimum atomic E-state index is -0.327. The summed E-state index contributed by atoms with van der Waals surface area (Å²) in [5, 5.41) is 16.9. The van der Waals surface area contributed by atoms with E-state index in [4.69, 9.17) is 0 Å². The van der Waals surface area contributed by atoms with Crippen LogP contribution in [0.25, 0.3) is 0 Å². The number of likely N-dealkylation sites (N-methyl/N-ethyl adjacent to an activating group) is 1. The van der Waals surface area contributed by atoms with Crippen LogP contribution in [0, 0.1) is 0 Å². The van der Waals surface area contributed by atoms with Crippen LogP contribution in [0.5, 0.6) is 0 Å². The third-order valence-electron chi connectivity index (χ3n) is 2.13. The van der Waals surface area contributed by atoms with E-state index in [-0.39, 0.29) is 6.10 Å². The Hall–Kier alpha value is -0.980. The maximum atomic E-state index is 9.58. The lowest BCUT2D eigenvalue weighted by Gasteiger charge is -2.16. The second-order valence-corrected chi connectivity index (χ2v) is 4.20. The zero-order valence-corrected chi connectivity index (χ0v) is 10.2. The van der Waals surface area contributed by atoms with Crippen LogP contribution in [0.4, 0.5) is 0 Å². The van der Waals surface area contributed by atoms with Crippen LogP contribution in [0.3, 0.4) is 0 Å². The zero-order chi connectivity index (χ0) is 12.0. The Balaban J connectivity index is 2.07. The molecule has 0 fully saturated rings. The summed E-state index contributed by atoms with van der Waals surface area (Å²) in [5.74, 6) is 0.831. The van der Waals surface area contributed by atoms with Crippen molar-refractivity contribution in [3.8, 4) is 0 Å². The minimum Gasteiger partial charge on any atom is -0.390 e. The largest absolute Gasteiger partial charge is 0.390 e. The number of nitrogens with one attached hydrogen (secondary N) is 1. The van der Waals surface area contributed by atoms with Crippen molar-refractivity contribution in [3.05, 3.63) is 12.2 Å². The average molecular weight is 227 g/mol. The lowest BCUT2D eigenvalue weighted by molar-refractivity contribution is 0.135. The molecular formula is C10H21N5O. The summed E-state index contributed by atoms with van der Waals surface area (Å²) in [5.41, 5.74) is 0. The molecule has 6 heteroatoms. The van der Waals surface area contributed by atoms with E-state index in [2.05, 4.69) is 15.4 Å². The van der Waals surface area contributed by atoms with Gasteiger partial charge in [-0.05, 0) is 14.1 Å². The molecule has 1 rings (SSSR count). The van der Waals surface area contributed by atoms with Crippen molar-refractivity contribution in [2.45, 2.75) is 12.5 Å². The molecule has 0 amide bonds. The minimum absolute atomic E-state index is 0.327. The fourth-order valence-electron chi connectivity index (χ4n) is 1.45. The average Bonchev–Trinajstić information content (AvgIpc) is 2.58. The van der Waals surface area contributed by atoms with Crippen LogP contribution in [0.15, 0.2) is 6.33 Å². The highest BCUT2D eigenvalue weighted by Gasteiger charge is 2.04. The van der Waals surface area contributed by atoms with Gasteiger partial charge >= 0.3 is 0 Å². The van der Waals surface area contributed by atoms with Crippen LogP contribution in [0.2, 0.25) is 0 Å². The van der Waals surface area contributed by atoms with Gasteiger partial charge in [0.2, 0.25) is 0 Å². The molecule has 0 saturated carbocycles. The van der Waals surface area contributed by atoms with Crippen LogP contribution >= 0.6 is 0 Å².